The molecule has 31 heavy (non-hydrogen) atoms. The zero-order valence-electron chi connectivity index (χ0n) is 17.3. The maximum Gasteiger partial charge on any atom is 0.242 e. The van der Waals surface area contributed by atoms with Crippen molar-refractivity contribution in [3.05, 3.63) is 71.5 Å². The average Bonchev–Trinajstić information content (AvgIpc) is 3.71. The van der Waals surface area contributed by atoms with Gasteiger partial charge in [0.1, 0.15) is 11.1 Å². The van der Waals surface area contributed by atoms with E-state index in [1.807, 2.05) is 30.3 Å². The third-order valence-corrected chi connectivity index (χ3v) is 6.86. The highest BCUT2D eigenvalue weighted by atomic mass is 32.2. The van der Waals surface area contributed by atoms with E-state index in [4.69, 9.17) is 0 Å². The van der Waals surface area contributed by atoms with Gasteiger partial charge in [0.2, 0.25) is 5.91 Å². The number of nitrogens with one attached hydrogen (secondary N) is 1. The first-order valence-corrected chi connectivity index (χ1v) is 11.6. The molecule has 1 heterocycles. The molecule has 0 saturated heterocycles. The van der Waals surface area contributed by atoms with Crippen molar-refractivity contribution in [1.82, 2.24) is 14.8 Å². The number of nitrogens with zero attached hydrogens (tertiary/aromatic N) is 3. The van der Waals surface area contributed by atoms with E-state index in [0.717, 1.165) is 29.4 Å². The van der Waals surface area contributed by atoms with E-state index >= 15 is 0 Å². The van der Waals surface area contributed by atoms with E-state index in [0.29, 0.717) is 23.2 Å². The van der Waals surface area contributed by atoms with Gasteiger partial charge in [0.25, 0.3) is 0 Å². The van der Waals surface area contributed by atoms with Crippen LogP contribution in [0.25, 0.3) is 0 Å². The molecule has 2 saturated carbocycles. The van der Waals surface area contributed by atoms with Gasteiger partial charge in [-0.3, -0.25) is 9.59 Å². The SMILES string of the molecule is CC(=O)c1cccc(NC(=O)[C@H](Sc2nnc(C3CC3)n2C2CC2)c2ccccc2)c1. The summed E-state index contributed by atoms with van der Waals surface area (Å²) in [6, 6.07) is 17.2. The maximum absolute atomic E-state index is 13.4. The lowest BCUT2D eigenvalue weighted by Crippen LogP contribution is -2.20. The first kappa shape index (κ1) is 20.0. The number of hydrogen-bond donors (Lipinski definition) is 1. The molecule has 0 unspecified atom stereocenters. The molecular weight excluding hydrogens is 408 g/mol. The first-order chi connectivity index (χ1) is 15.1. The summed E-state index contributed by atoms with van der Waals surface area (Å²) >= 11 is 1.45. The zero-order chi connectivity index (χ0) is 21.4. The molecule has 6 nitrogen and oxygen atoms in total. The summed E-state index contributed by atoms with van der Waals surface area (Å²) in [7, 11) is 0. The molecule has 2 aliphatic rings. The second-order valence-electron chi connectivity index (χ2n) is 8.25. The number of amides is 1. The second-order valence-corrected chi connectivity index (χ2v) is 9.32. The molecule has 0 radical (unpaired) electrons. The van der Waals surface area contributed by atoms with Crippen molar-refractivity contribution in [2.24, 2.45) is 0 Å². The number of thioether (sulfide) groups is 1. The second kappa shape index (κ2) is 8.30. The molecule has 2 aliphatic carbocycles. The molecule has 158 valence electrons. The molecule has 0 bridgehead atoms. The van der Waals surface area contributed by atoms with E-state index in [1.54, 1.807) is 24.3 Å². The Labute approximate surface area is 185 Å². The standard InChI is InChI=1S/C24H24N4O2S/c1-15(29)18-8-5-9-19(14-18)25-23(30)21(16-6-3-2-4-7-16)31-24-27-26-22(17-10-11-17)28(24)20-12-13-20/h2-9,14,17,20-21H,10-13H2,1H3,(H,25,30)/t21-/m1/s1. The fraction of sp³-hybridized carbons (Fsp3) is 0.333. The van der Waals surface area contributed by atoms with Gasteiger partial charge >= 0.3 is 0 Å². The van der Waals surface area contributed by atoms with E-state index < -0.39 is 5.25 Å². The fourth-order valence-electron chi connectivity index (χ4n) is 3.69. The van der Waals surface area contributed by atoms with Gasteiger partial charge in [-0.05, 0) is 50.3 Å². The molecular formula is C24H24N4O2S. The van der Waals surface area contributed by atoms with E-state index in [2.05, 4.69) is 20.1 Å². The molecule has 2 aromatic carbocycles. The van der Waals surface area contributed by atoms with Crippen molar-refractivity contribution >= 4 is 29.1 Å². The summed E-state index contributed by atoms with van der Waals surface area (Å²) in [5.74, 6) is 1.41. The van der Waals surface area contributed by atoms with Crippen LogP contribution in [0.15, 0.2) is 59.8 Å². The first-order valence-electron chi connectivity index (χ1n) is 10.7. The number of rotatable bonds is 8. The topological polar surface area (TPSA) is 76.9 Å². The number of aromatic nitrogens is 3. The van der Waals surface area contributed by atoms with Crippen LogP contribution < -0.4 is 5.32 Å². The Morgan fingerprint density at radius 1 is 1.03 bits per heavy atom. The number of carbonyl (C=O) groups is 2. The van der Waals surface area contributed by atoms with Crippen molar-refractivity contribution in [2.45, 2.75) is 55.0 Å². The van der Waals surface area contributed by atoms with Crippen LogP contribution >= 0.6 is 11.8 Å². The minimum absolute atomic E-state index is 0.0322. The van der Waals surface area contributed by atoms with Gasteiger partial charge in [-0.2, -0.15) is 0 Å². The Morgan fingerprint density at radius 3 is 2.48 bits per heavy atom. The summed E-state index contributed by atoms with van der Waals surface area (Å²) < 4.78 is 2.27. The molecule has 0 aliphatic heterocycles. The van der Waals surface area contributed by atoms with Crippen LogP contribution in [0.4, 0.5) is 5.69 Å². The maximum atomic E-state index is 13.4. The van der Waals surface area contributed by atoms with Gasteiger partial charge in [-0.25, -0.2) is 0 Å². The van der Waals surface area contributed by atoms with E-state index in [1.165, 1.54) is 31.5 Å². The molecule has 5 rings (SSSR count). The monoisotopic (exact) mass is 432 g/mol. The lowest BCUT2D eigenvalue weighted by atomic mass is 10.1. The van der Waals surface area contributed by atoms with Gasteiger partial charge < -0.3 is 9.88 Å². The van der Waals surface area contributed by atoms with Gasteiger partial charge in [0.15, 0.2) is 10.9 Å². The molecule has 7 heteroatoms. The highest BCUT2D eigenvalue weighted by molar-refractivity contribution is 8.00. The third kappa shape index (κ3) is 4.42. The predicted molar refractivity (Wildman–Crippen MR) is 120 cm³/mol. The van der Waals surface area contributed by atoms with Crippen LogP contribution in [0.5, 0.6) is 0 Å². The predicted octanol–water partition coefficient (Wildman–Crippen LogP) is 5.17. The lowest BCUT2D eigenvalue weighted by Gasteiger charge is -2.18. The van der Waals surface area contributed by atoms with E-state index in [-0.39, 0.29) is 11.7 Å². The molecule has 1 aromatic heterocycles. The van der Waals surface area contributed by atoms with E-state index in [9.17, 15) is 9.59 Å². The molecule has 2 fully saturated rings. The normalized spacial score (nSPS) is 16.7. The van der Waals surface area contributed by atoms with Crippen LogP contribution in [-0.2, 0) is 4.79 Å². The van der Waals surface area contributed by atoms with Crippen molar-refractivity contribution in [3.8, 4) is 0 Å². The summed E-state index contributed by atoms with van der Waals surface area (Å²) in [6.07, 6.45) is 4.63. The summed E-state index contributed by atoms with van der Waals surface area (Å²) in [4.78, 5) is 25.1. The Bertz CT molecular complexity index is 1120. The van der Waals surface area contributed by atoms with Crippen molar-refractivity contribution in [2.75, 3.05) is 5.32 Å². The molecule has 1 atom stereocenters. The van der Waals surface area contributed by atoms with Gasteiger partial charge in [0, 0.05) is 23.2 Å². The minimum atomic E-state index is -0.476. The van der Waals surface area contributed by atoms with Crippen LogP contribution in [0.3, 0.4) is 0 Å². The number of anilines is 1. The smallest absolute Gasteiger partial charge is 0.242 e. The lowest BCUT2D eigenvalue weighted by molar-refractivity contribution is -0.115. The molecule has 0 spiro atoms. The average molecular weight is 433 g/mol. The highest BCUT2D eigenvalue weighted by Crippen LogP contribution is 2.47. The van der Waals surface area contributed by atoms with Gasteiger partial charge in [-0.15, -0.1) is 10.2 Å². The zero-order valence-corrected chi connectivity index (χ0v) is 18.1. The number of benzene rings is 2. The number of carbonyl (C=O) groups excluding carboxylic acids is 2. The van der Waals surface area contributed by atoms with Crippen molar-refractivity contribution in [3.63, 3.8) is 0 Å². The summed E-state index contributed by atoms with van der Waals surface area (Å²) in [5, 5.41) is 12.3. The number of hydrogen-bond acceptors (Lipinski definition) is 5. The number of Topliss-reactive ketones (excluding diaryl/α,β-unsaturated/α-hetero) is 1. The number of ketones is 1. The van der Waals surface area contributed by atoms with Crippen molar-refractivity contribution < 1.29 is 9.59 Å². The Hall–Kier alpha value is -2.93. The minimum Gasteiger partial charge on any atom is -0.325 e. The van der Waals surface area contributed by atoms with Gasteiger partial charge in [0.05, 0.1) is 0 Å². The van der Waals surface area contributed by atoms with Crippen molar-refractivity contribution in [1.29, 1.82) is 0 Å². The van der Waals surface area contributed by atoms with Crippen LogP contribution in [0, 0.1) is 0 Å². The third-order valence-electron chi connectivity index (χ3n) is 5.65. The Morgan fingerprint density at radius 2 is 1.81 bits per heavy atom. The molecule has 1 amide bonds. The molecule has 1 N–H and O–H groups in total. The molecule has 3 aromatic rings. The van der Waals surface area contributed by atoms with Crippen LogP contribution in [-0.4, -0.2) is 26.5 Å². The quantitative estimate of drug-likeness (QED) is 0.393. The Kier molecular flexibility index (Phi) is 5.36. The fourth-order valence-corrected chi connectivity index (χ4v) is 4.81. The highest BCUT2D eigenvalue weighted by Gasteiger charge is 2.37. The van der Waals surface area contributed by atoms with Crippen LogP contribution in [0.1, 0.15) is 71.6 Å². The van der Waals surface area contributed by atoms with Gasteiger partial charge in [-0.1, -0.05) is 54.2 Å². The summed E-state index contributed by atoms with van der Waals surface area (Å²) in [6.45, 7) is 1.52. The Balaban J connectivity index is 1.44. The summed E-state index contributed by atoms with van der Waals surface area (Å²) in [5.41, 5.74) is 2.09. The van der Waals surface area contributed by atoms with Crippen LogP contribution in [0.2, 0.25) is 0 Å². The largest absolute Gasteiger partial charge is 0.325 e.